The number of hydrogen-bond donors (Lipinski definition) is 2. The van der Waals surface area contributed by atoms with Crippen LogP contribution in [0.15, 0.2) is 34.9 Å². The number of nitrogens with zero attached hydrogens (tertiary/aromatic N) is 1. The fraction of sp³-hybridized carbons (Fsp3) is 0.182. The topological polar surface area (TPSA) is 28.7 Å². The molecule has 78 valence electrons. The Hall–Kier alpha value is -0.740. The van der Waals surface area contributed by atoms with Crippen LogP contribution >= 0.6 is 28.6 Å². The number of thiol groups is 1. The quantitative estimate of drug-likeness (QED) is 0.831. The van der Waals surface area contributed by atoms with Crippen LogP contribution in [0, 0.1) is 0 Å². The number of aryl methyl sites for hydroxylation is 1. The van der Waals surface area contributed by atoms with Gasteiger partial charge < -0.3 is 4.98 Å². The van der Waals surface area contributed by atoms with Crippen LogP contribution in [-0.2, 0) is 6.42 Å². The Bertz CT molecular complexity index is 453. The molecule has 0 saturated heterocycles. The van der Waals surface area contributed by atoms with Crippen molar-refractivity contribution in [3.63, 3.8) is 0 Å². The van der Waals surface area contributed by atoms with Gasteiger partial charge in [-0.25, -0.2) is 4.98 Å². The molecule has 0 aliphatic carbocycles. The number of rotatable bonds is 3. The monoisotopic (exact) mass is 282 g/mol. The van der Waals surface area contributed by atoms with Gasteiger partial charge in [-0.2, -0.15) is 12.6 Å². The van der Waals surface area contributed by atoms with Gasteiger partial charge in [0, 0.05) is 16.5 Å². The van der Waals surface area contributed by atoms with E-state index in [4.69, 9.17) is 0 Å². The van der Waals surface area contributed by atoms with Crippen molar-refractivity contribution in [1.82, 2.24) is 9.97 Å². The lowest BCUT2D eigenvalue weighted by molar-refractivity contribution is 1.00. The highest BCUT2D eigenvalue weighted by Gasteiger charge is 2.02. The van der Waals surface area contributed by atoms with Crippen molar-refractivity contribution in [1.29, 1.82) is 0 Å². The number of halogens is 1. The molecule has 0 atom stereocenters. The summed E-state index contributed by atoms with van der Waals surface area (Å²) in [5.74, 6) is 1.80. The average molecular weight is 283 g/mol. The van der Waals surface area contributed by atoms with Gasteiger partial charge in [-0.1, -0.05) is 28.1 Å². The summed E-state index contributed by atoms with van der Waals surface area (Å²) in [4.78, 5) is 7.57. The Balaban J connectivity index is 2.29. The summed E-state index contributed by atoms with van der Waals surface area (Å²) in [6.45, 7) is 0. The Labute approximate surface area is 103 Å². The minimum Gasteiger partial charge on any atom is -0.342 e. The van der Waals surface area contributed by atoms with E-state index in [1.165, 1.54) is 0 Å². The van der Waals surface area contributed by atoms with E-state index in [0.29, 0.717) is 0 Å². The molecule has 0 amide bonds. The van der Waals surface area contributed by atoms with Crippen molar-refractivity contribution in [3.05, 3.63) is 40.8 Å². The van der Waals surface area contributed by atoms with Gasteiger partial charge in [0.25, 0.3) is 0 Å². The van der Waals surface area contributed by atoms with Gasteiger partial charge in [0.05, 0.1) is 11.9 Å². The molecule has 0 bridgehead atoms. The number of benzene rings is 1. The van der Waals surface area contributed by atoms with Crippen LogP contribution in [0.3, 0.4) is 0 Å². The van der Waals surface area contributed by atoms with Gasteiger partial charge in [0.2, 0.25) is 0 Å². The fourth-order valence-corrected chi connectivity index (χ4v) is 2.01. The van der Waals surface area contributed by atoms with E-state index < -0.39 is 0 Å². The zero-order chi connectivity index (χ0) is 10.7. The summed E-state index contributed by atoms with van der Waals surface area (Å²) in [7, 11) is 0. The SMILES string of the molecule is SCCc1ncc(-c2cccc(Br)c2)[nH]1. The second kappa shape index (κ2) is 4.86. The molecule has 0 aliphatic heterocycles. The summed E-state index contributed by atoms with van der Waals surface area (Å²) >= 11 is 7.63. The van der Waals surface area contributed by atoms with E-state index in [1.807, 2.05) is 18.3 Å². The molecule has 1 aromatic heterocycles. The van der Waals surface area contributed by atoms with Gasteiger partial charge in [-0.15, -0.1) is 0 Å². The molecule has 4 heteroatoms. The van der Waals surface area contributed by atoms with Crippen molar-refractivity contribution in [2.24, 2.45) is 0 Å². The molecule has 1 heterocycles. The van der Waals surface area contributed by atoms with Crippen LogP contribution in [-0.4, -0.2) is 15.7 Å². The zero-order valence-electron chi connectivity index (χ0n) is 8.07. The molecular weight excluding hydrogens is 272 g/mol. The third-order valence-corrected chi connectivity index (χ3v) is 2.83. The minimum absolute atomic E-state index is 0.811. The third kappa shape index (κ3) is 2.63. The van der Waals surface area contributed by atoms with Crippen LogP contribution < -0.4 is 0 Å². The molecule has 2 rings (SSSR count). The number of aromatic nitrogens is 2. The molecule has 0 fully saturated rings. The predicted molar refractivity (Wildman–Crippen MR) is 69.3 cm³/mol. The van der Waals surface area contributed by atoms with Crippen molar-refractivity contribution in [3.8, 4) is 11.3 Å². The van der Waals surface area contributed by atoms with Crippen molar-refractivity contribution in [2.45, 2.75) is 6.42 Å². The molecule has 2 aromatic rings. The normalized spacial score (nSPS) is 10.5. The minimum atomic E-state index is 0.811. The molecule has 1 N–H and O–H groups in total. The molecular formula is C11H11BrN2S. The fourth-order valence-electron chi connectivity index (χ4n) is 1.40. The van der Waals surface area contributed by atoms with Crippen LogP contribution in [0.25, 0.3) is 11.3 Å². The maximum absolute atomic E-state index is 4.29. The first-order valence-electron chi connectivity index (χ1n) is 4.70. The van der Waals surface area contributed by atoms with E-state index in [-0.39, 0.29) is 0 Å². The Morgan fingerprint density at radius 3 is 3.00 bits per heavy atom. The highest BCUT2D eigenvalue weighted by Crippen LogP contribution is 2.21. The predicted octanol–water partition coefficient (Wildman–Crippen LogP) is 3.31. The summed E-state index contributed by atoms with van der Waals surface area (Å²) in [5, 5.41) is 0. The smallest absolute Gasteiger partial charge is 0.107 e. The molecule has 0 radical (unpaired) electrons. The van der Waals surface area contributed by atoms with E-state index in [9.17, 15) is 0 Å². The number of hydrogen-bond acceptors (Lipinski definition) is 2. The van der Waals surface area contributed by atoms with Crippen molar-refractivity contribution in [2.75, 3.05) is 5.75 Å². The van der Waals surface area contributed by atoms with Crippen molar-refractivity contribution < 1.29 is 0 Å². The maximum atomic E-state index is 4.29. The zero-order valence-corrected chi connectivity index (χ0v) is 10.6. The highest BCUT2D eigenvalue weighted by molar-refractivity contribution is 9.10. The molecule has 0 unspecified atom stereocenters. The van der Waals surface area contributed by atoms with Gasteiger partial charge in [0.15, 0.2) is 0 Å². The molecule has 0 spiro atoms. The Morgan fingerprint density at radius 1 is 1.40 bits per heavy atom. The third-order valence-electron chi connectivity index (χ3n) is 2.11. The van der Waals surface area contributed by atoms with Gasteiger partial charge in [0.1, 0.15) is 5.82 Å². The Kier molecular flexibility index (Phi) is 3.49. The molecule has 1 aromatic carbocycles. The van der Waals surface area contributed by atoms with Gasteiger partial charge in [-0.3, -0.25) is 0 Å². The second-order valence-corrected chi connectivity index (χ2v) is 4.59. The number of nitrogens with one attached hydrogen (secondary N) is 1. The van der Waals surface area contributed by atoms with Crippen LogP contribution in [0.5, 0.6) is 0 Å². The van der Waals surface area contributed by atoms with Gasteiger partial charge >= 0.3 is 0 Å². The lowest BCUT2D eigenvalue weighted by atomic mass is 10.2. The first-order chi connectivity index (χ1) is 7.29. The number of aromatic amines is 1. The summed E-state index contributed by atoms with van der Waals surface area (Å²) in [6, 6.07) is 8.15. The molecule has 15 heavy (non-hydrogen) atoms. The molecule has 0 aliphatic rings. The highest BCUT2D eigenvalue weighted by atomic mass is 79.9. The maximum Gasteiger partial charge on any atom is 0.107 e. The average Bonchev–Trinajstić information content (AvgIpc) is 2.67. The lowest BCUT2D eigenvalue weighted by Gasteiger charge is -1.97. The number of H-pyrrole nitrogens is 1. The van der Waals surface area contributed by atoms with E-state index in [0.717, 1.165) is 33.7 Å². The van der Waals surface area contributed by atoms with Crippen molar-refractivity contribution >= 4 is 28.6 Å². The van der Waals surface area contributed by atoms with Crippen LogP contribution in [0.1, 0.15) is 5.82 Å². The second-order valence-electron chi connectivity index (χ2n) is 3.23. The van der Waals surface area contributed by atoms with Crippen LogP contribution in [0.2, 0.25) is 0 Å². The first kappa shape index (κ1) is 10.8. The Morgan fingerprint density at radius 2 is 2.27 bits per heavy atom. The standard InChI is InChI=1S/C11H11BrN2S/c12-9-3-1-2-8(6-9)10-7-13-11(14-10)4-5-15/h1-3,6-7,15H,4-5H2,(H,13,14). The number of imidazole rings is 1. The molecule has 2 nitrogen and oxygen atoms in total. The summed E-state index contributed by atoms with van der Waals surface area (Å²) < 4.78 is 1.07. The van der Waals surface area contributed by atoms with E-state index >= 15 is 0 Å². The first-order valence-corrected chi connectivity index (χ1v) is 6.13. The largest absolute Gasteiger partial charge is 0.342 e. The van der Waals surface area contributed by atoms with E-state index in [1.54, 1.807) is 0 Å². The summed E-state index contributed by atoms with van der Waals surface area (Å²) in [6.07, 6.45) is 2.73. The van der Waals surface area contributed by atoms with Crippen LogP contribution in [0.4, 0.5) is 0 Å². The molecule has 0 saturated carbocycles. The summed E-state index contributed by atoms with van der Waals surface area (Å²) in [5.41, 5.74) is 2.19. The van der Waals surface area contributed by atoms with Gasteiger partial charge in [-0.05, 0) is 17.9 Å². The van der Waals surface area contributed by atoms with E-state index in [2.05, 4.69) is 50.7 Å². The lowest BCUT2D eigenvalue weighted by Crippen LogP contribution is -1.88.